The molecule has 0 bridgehead atoms. The first-order chi connectivity index (χ1) is 15.5. The van der Waals surface area contributed by atoms with Gasteiger partial charge < -0.3 is 24.3 Å². The molecule has 0 amide bonds. The molecule has 0 spiro atoms. The van der Waals surface area contributed by atoms with Crippen LogP contribution in [0.1, 0.15) is 12.0 Å². The molecule has 2 aliphatic rings. The molecule has 2 aliphatic heterocycles. The Morgan fingerprint density at radius 2 is 1.84 bits per heavy atom. The van der Waals surface area contributed by atoms with Crippen LogP contribution >= 0.6 is 0 Å². The summed E-state index contributed by atoms with van der Waals surface area (Å²) in [7, 11) is -0.895. The third-order valence-electron chi connectivity index (χ3n) is 5.01. The number of hydrogen-bond acceptors (Lipinski definition) is 9. The van der Waals surface area contributed by atoms with Crippen molar-refractivity contribution < 1.29 is 27.4 Å². The zero-order chi connectivity index (χ0) is 22.6. The Labute approximate surface area is 187 Å². The molecule has 0 fully saturated rings. The second-order valence-electron chi connectivity index (χ2n) is 7.27. The lowest BCUT2D eigenvalue weighted by atomic mass is 10.2. The van der Waals surface area contributed by atoms with Crippen LogP contribution in [0.2, 0.25) is 0 Å². The molecule has 32 heavy (non-hydrogen) atoms. The van der Waals surface area contributed by atoms with Gasteiger partial charge in [0.25, 0.3) is 10.0 Å². The topological polar surface area (TPSA) is 111 Å². The van der Waals surface area contributed by atoms with Crippen molar-refractivity contribution in [1.82, 2.24) is 14.9 Å². The number of guanidine groups is 1. The zero-order valence-electron chi connectivity index (χ0n) is 18.0. The van der Waals surface area contributed by atoms with Crippen LogP contribution in [0, 0.1) is 0 Å². The van der Waals surface area contributed by atoms with Crippen LogP contribution in [-0.4, -0.2) is 60.0 Å². The molecule has 2 aromatic rings. The standard InChI is InChI=1S/C21H26N4O6S/c1-28-17-7-5-16(11-19(17)29-2)32(26,27)24-21-22-13-25(14-23-21)12-15-4-6-18-20(10-15)31-9-3-8-30-18/h4-7,10-11H,3,8-9,12-14H2,1-2H3,(H2,22,23,24). The maximum Gasteiger partial charge on any atom is 0.264 e. The van der Waals surface area contributed by atoms with Crippen molar-refractivity contribution in [3.63, 3.8) is 0 Å². The highest BCUT2D eigenvalue weighted by molar-refractivity contribution is 7.90. The van der Waals surface area contributed by atoms with Crippen LogP contribution in [0.5, 0.6) is 23.0 Å². The quantitative estimate of drug-likeness (QED) is 0.665. The average Bonchev–Trinajstić information content (AvgIpc) is 3.04. The molecule has 4 rings (SSSR count). The second kappa shape index (κ2) is 9.53. The van der Waals surface area contributed by atoms with E-state index in [0.717, 1.165) is 23.5 Å². The number of aliphatic imine (C=N–C) groups is 1. The summed E-state index contributed by atoms with van der Waals surface area (Å²) in [5.74, 6) is 2.47. The highest BCUT2D eigenvalue weighted by atomic mass is 32.2. The molecule has 0 atom stereocenters. The lowest BCUT2D eigenvalue weighted by Crippen LogP contribution is -2.49. The summed E-state index contributed by atoms with van der Waals surface area (Å²) in [6.07, 6.45) is 0.858. The van der Waals surface area contributed by atoms with Crippen molar-refractivity contribution in [2.45, 2.75) is 17.9 Å². The van der Waals surface area contributed by atoms with Gasteiger partial charge in [0.15, 0.2) is 23.0 Å². The number of ether oxygens (including phenoxy) is 4. The van der Waals surface area contributed by atoms with Gasteiger partial charge in [-0.1, -0.05) is 6.07 Å². The normalized spacial score (nSPS) is 16.4. The lowest BCUT2D eigenvalue weighted by molar-refractivity contribution is 0.254. The van der Waals surface area contributed by atoms with Gasteiger partial charge in [-0.2, -0.15) is 0 Å². The van der Waals surface area contributed by atoms with Crippen molar-refractivity contribution in [1.29, 1.82) is 0 Å². The molecule has 0 aromatic heterocycles. The van der Waals surface area contributed by atoms with E-state index >= 15 is 0 Å². The van der Waals surface area contributed by atoms with E-state index in [1.807, 2.05) is 23.1 Å². The van der Waals surface area contributed by atoms with Gasteiger partial charge in [-0.05, 0) is 29.8 Å². The lowest BCUT2D eigenvalue weighted by Gasteiger charge is -2.27. The minimum absolute atomic E-state index is 0.0503. The van der Waals surface area contributed by atoms with Crippen molar-refractivity contribution in [3.8, 4) is 23.0 Å². The monoisotopic (exact) mass is 462 g/mol. The van der Waals surface area contributed by atoms with Gasteiger partial charge in [0.1, 0.15) is 0 Å². The molecule has 0 saturated heterocycles. The van der Waals surface area contributed by atoms with E-state index in [0.29, 0.717) is 44.6 Å². The van der Waals surface area contributed by atoms with E-state index < -0.39 is 10.0 Å². The smallest absolute Gasteiger partial charge is 0.264 e. The third-order valence-corrected chi connectivity index (χ3v) is 6.35. The highest BCUT2D eigenvalue weighted by Gasteiger charge is 2.21. The molecule has 10 nitrogen and oxygen atoms in total. The van der Waals surface area contributed by atoms with E-state index in [2.05, 4.69) is 15.0 Å². The predicted octanol–water partition coefficient (Wildman–Crippen LogP) is 1.52. The fourth-order valence-electron chi connectivity index (χ4n) is 3.37. The molecule has 2 aromatic carbocycles. The summed E-state index contributed by atoms with van der Waals surface area (Å²) in [5.41, 5.74) is 1.06. The Hall–Kier alpha value is -3.18. The predicted molar refractivity (Wildman–Crippen MR) is 118 cm³/mol. The number of benzene rings is 2. The minimum atomic E-state index is -3.84. The Morgan fingerprint density at radius 1 is 1.06 bits per heavy atom. The van der Waals surface area contributed by atoms with Gasteiger partial charge in [-0.3, -0.25) is 4.90 Å². The van der Waals surface area contributed by atoms with Gasteiger partial charge in [0.2, 0.25) is 5.96 Å². The van der Waals surface area contributed by atoms with Gasteiger partial charge in [0.05, 0.1) is 45.7 Å². The summed E-state index contributed by atoms with van der Waals surface area (Å²) in [5, 5.41) is 3.01. The summed E-state index contributed by atoms with van der Waals surface area (Å²) in [4.78, 5) is 6.41. The molecule has 2 heterocycles. The molecule has 0 radical (unpaired) electrons. The van der Waals surface area contributed by atoms with Crippen LogP contribution in [0.3, 0.4) is 0 Å². The number of hydrogen-bond donors (Lipinski definition) is 2. The molecule has 0 saturated carbocycles. The fraction of sp³-hybridized carbons (Fsp3) is 0.381. The number of sulfonamides is 1. The maximum absolute atomic E-state index is 12.7. The molecule has 0 unspecified atom stereocenters. The molecule has 0 aliphatic carbocycles. The first-order valence-corrected chi connectivity index (χ1v) is 11.6. The number of methoxy groups -OCH3 is 2. The fourth-order valence-corrected chi connectivity index (χ4v) is 4.39. The number of nitrogens with one attached hydrogen (secondary N) is 2. The van der Waals surface area contributed by atoms with E-state index in [-0.39, 0.29) is 10.9 Å². The zero-order valence-corrected chi connectivity index (χ0v) is 18.8. The Balaban J connectivity index is 1.39. The second-order valence-corrected chi connectivity index (χ2v) is 8.95. The first-order valence-electron chi connectivity index (χ1n) is 10.1. The SMILES string of the molecule is COc1ccc(S(=O)(=O)NC2=NCN(Cc3ccc4c(c3)OCCCO4)CN2)cc1OC. The maximum atomic E-state index is 12.7. The van der Waals surface area contributed by atoms with Gasteiger partial charge in [-0.15, -0.1) is 0 Å². The molecule has 172 valence electrons. The van der Waals surface area contributed by atoms with E-state index in [1.54, 1.807) is 6.07 Å². The van der Waals surface area contributed by atoms with Gasteiger partial charge in [0, 0.05) is 19.0 Å². The van der Waals surface area contributed by atoms with Gasteiger partial charge in [-0.25, -0.2) is 18.1 Å². The Bertz CT molecular complexity index is 1110. The first kappa shape index (κ1) is 22.0. The van der Waals surface area contributed by atoms with Crippen molar-refractivity contribution in [2.24, 2.45) is 4.99 Å². The van der Waals surface area contributed by atoms with Crippen LogP contribution < -0.4 is 29.0 Å². The van der Waals surface area contributed by atoms with Crippen LogP contribution in [0.15, 0.2) is 46.3 Å². The van der Waals surface area contributed by atoms with Crippen LogP contribution in [-0.2, 0) is 16.6 Å². The largest absolute Gasteiger partial charge is 0.493 e. The minimum Gasteiger partial charge on any atom is -0.493 e. The van der Waals surface area contributed by atoms with Crippen molar-refractivity contribution >= 4 is 16.0 Å². The van der Waals surface area contributed by atoms with Crippen LogP contribution in [0.25, 0.3) is 0 Å². The number of nitrogens with zero attached hydrogens (tertiary/aromatic N) is 2. The van der Waals surface area contributed by atoms with E-state index in [4.69, 9.17) is 18.9 Å². The van der Waals surface area contributed by atoms with E-state index in [1.165, 1.54) is 26.4 Å². The summed E-state index contributed by atoms with van der Waals surface area (Å²) < 4.78 is 49.7. The molecule has 2 N–H and O–H groups in total. The van der Waals surface area contributed by atoms with Crippen molar-refractivity contribution in [3.05, 3.63) is 42.0 Å². The third kappa shape index (κ3) is 5.00. The number of rotatable bonds is 6. The summed E-state index contributed by atoms with van der Waals surface area (Å²) >= 11 is 0. The summed E-state index contributed by atoms with van der Waals surface area (Å²) in [6, 6.07) is 10.3. The van der Waals surface area contributed by atoms with Crippen LogP contribution in [0.4, 0.5) is 0 Å². The number of fused-ring (bicyclic) bond motifs is 1. The molecular formula is C21H26N4O6S. The van der Waals surface area contributed by atoms with E-state index in [9.17, 15) is 8.42 Å². The summed E-state index contributed by atoms with van der Waals surface area (Å²) in [6.45, 7) is 2.69. The van der Waals surface area contributed by atoms with Crippen molar-refractivity contribution in [2.75, 3.05) is 40.8 Å². The van der Waals surface area contributed by atoms with Gasteiger partial charge >= 0.3 is 0 Å². The Morgan fingerprint density at radius 3 is 2.56 bits per heavy atom. The Kier molecular flexibility index (Phi) is 6.56. The molecular weight excluding hydrogens is 436 g/mol. The highest BCUT2D eigenvalue weighted by Crippen LogP contribution is 2.31. The average molecular weight is 463 g/mol. The molecule has 11 heteroatoms.